The van der Waals surface area contributed by atoms with Crippen molar-refractivity contribution >= 4 is 17.7 Å². The molecule has 1 aliphatic rings. The SMILES string of the molecule is Cc1cccc(NC(=O)CCNC(N)=NCC2CCC2)n1. The Morgan fingerprint density at radius 3 is 2.95 bits per heavy atom. The molecule has 0 saturated heterocycles. The van der Waals surface area contributed by atoms with Gasteiger partial charge in [-0.3, -0.25) is 9.79 Å². The molecule has 2 rings (SSSR count). The largest absolute Gasteiger partial charge is 0.370 e. The number of rotatable bonds is 6. The third-order valence-corrected chi connectivity index (χ3v) is 3.56. The maximum absolute atomic E-state index is 11.8. The fraction of sp³-hybridized carbons (Fsp3) is 0.533. The predicted molar refractivity (Wildman–Crippen MR) is 84.1 cm³/mol. The van der Waals surface area contributed by atoms with E-state index in [2.05, 4.69) is 20.6 Å². The fourth-order valence-corrected chi connectivity index (χ4v) is 2.08. The lowest BCUT2D eigenvalue weighted by Gasteiger charge is -2.23. The summed E-state index contributed by atoms with van der Waals surface area (Å²) >= 11 is 0. The Kier molecular flexibility index (Phi) is 5.54. The van der Waals surface area contributed by atoms with Gasteiger partial charge in [0, 0.05) is 25.2 Å². The number of hydrogen-bond acceptors (Lipinski definition) is 3. The van der Waals surface area contributed by atoms with Gasteiger partial charge in [0.25, 0.3) is 0 Å². The zero-order valence-corrected chi connectivity index (χ0v) is 12.4. The monoisotopic (exact) mass is 289 g/mol. The first-order chi connectivity index (χ1) is 10.1. The lowest BCUT2D eigenvalue weighted by atomic mass is 9.86. The van der Waals surface area contributed by atoms with Crippen molar-refractivity contribution in [3.63, 3.8) is 0 Å². The summed E-state index contributed by atoms with van der Waals surface area (Å²) in [6, 6.07) is 5.52. The molecule has 1 heterocycles. The van der Waals surface area contributed by atoms with Gasteiger partial charge in [-0.05, 0) is 37.8 Å². The lowest BCUT2D eigenvalue weighted by Crippen LogP contribution is -2.34. The highest BCUT2D eigenvalue weighted by molar-refractivity contribution is 5.90. The molecule has 1 aromatic rings. The summed E-state index contributed by atoms with van der Waals surface area (Å²) in [5, 5.41) is 5.71. The molecule has 0 spiro atoms. The molecule has 6 nitrogen and oxygen atoms in total. The molecular formula is C15H23N5O. The summed E-state index contributed by atoms with van der Waals surface area (Å²) in [5.74, 6) is 1.60. The molecule has 0 radical (unpaired) electrons. The van der Waals surface area contributed by atoms with Crippen LogP contribution in [-0.2, 0) is 4.79 Å². The Balaban J connectivity index is 1.64. The van der Waals surface area contributed by atoms with Crippen LogP contribution in [0.15, 0.2) is 23.2 Å². The molecule has 4 N–H and O–H groups in total. The van der Waals surface area contributed by atoms with Crippen LogP contribution in [-0.4, -0.2) is 29.9 Å². The Morgan fingerprint density at radius 2 is 2.29 bits per heavy atom. The predicted octanol–water partition coefficient (Wildman–Crippen LogP) is 1.42. The topological polar surface area (TPSA) is 92.4 Å². The maximum atomic E-state index is 11.8. The molecular weight excluding hydrogens is 266 g/mol. The minimum Gasteiger partial charge on any atom is -0.370 e. The minimum absolute atomic E-state index is 0.0904. The molecule has 21 heavy (non-hydrogen) atoms. The maximum Gasteiger partial charge on any atom is 0.227 e. The number of anilines is 1. The van der Waals surface area contributed by atoms with E-state index in [0.29, 0.717) is 30.7 Å². The average Bonchev–Trinajstić information content (AvgIpc) is 2.36. The summed E-state index contributed by atoms with van der Waals surface area (Å²) in [6.45, 7) is 3.15. The number of amides is 1. The van der Waals surface area contributed by atoms with Crippen LogP contribution in [0.5, 0.6) is 0 Å². The van der Waals surface area contributed by atoms with E-state index in [4.69, 9.17) is 5.73 Å². The zero-order chi connectivity index (χ0) is 15.1. The van der Waals surface area contributed by atoms with Crippen LogP contribution >= 0.6 is 0 Å². The van der Waals surface area contributed by atoms with Crippen molar-refractivity contribution in [2.45, 2.75) is 32.6 Å². The molecule has 1 aromatic heterocycles. The first-order valence-electron chi connectivity index (χ1n) is 7.41. The standard InChI is InChI=1S/C15H23N5O/c1-11-4-2-7-13(19-11)20-14(21)8-9-17-15(16)18-10-12-5-3-6-12/h2,4,7,12H,3,5-6,8-10H2,1H3,(H3,16,17,18)(H,19,20,21). The summed E-state index contributed by atoms with van der Waals surface area (Å²) in [4.78, 5) is 20.3. The number of carbonyl (C=O) groups is 1. The van der Waals surface area contributed by atoms with Gasteiger partial charge < -0.3 is 16.4 Å². The molecule has 0 bridgehead atoms. The van der Waals surface area contributed by atoms with Gasteiger partial charge in [-0.15, -0.1) is 0 Å². The van der Waals surface area contributed by atoms with Crippen molar-refractivity contribution in [3.05, 3.63) is 23.9 Å². The minimum atomic E-state index is -0.0904. The van der Waals surface area contributed by atoms with Crippen molar-refractivity contribution in [1.29, 1.82) is 0 Å². The molecule has 0 aromatic carbocycles. The van der Waals surface area contributed by atoms with Gasteiger partial charge in [0.2, 0.25) is 5.91 Å². The van der Waals surface area contributed by atoms with Crippen LogP contribution in [0.2, 0.25) is 0 Å². The van der Waals surface area contributed by atoms with E-state index in [1.165, 1.54) is 19.3 Å². The third-order valence-electron chi connectivity index (χ3n) is 3.56. The quantitative estimate of drug-likeness (QED) is 0.545. The molecule has 1 aliphatic carbocycles. The number of aromatic nitrogens is 1. The number of nitrogens with zero attached hydrogens (tertiary/aromatic N) is 2. The van der Waals surface area contributed by atoms with Gasteiger partial charge >= 0.3 is 0 Å². The van der Waals surface area contributed by atoms with E-state index in [1.807, 2.05) is 19.1 Å². The van der Waals surface area contributed by atoms with Gasteiger partial charge in [-0.2, -0.15) is 0 Å². The van der Waals surface area contributed by atoms with E-state index in [1.54, 1.807) is 6.07 Å². The molecule has 6 heteroatoms. The van der Waals surface area contributed by atoms with Gasteiger partial charge in [0.15, 0.2) is 5.96 Å². The smallest absolute Gasteiger partial charge is 0.227 e. The first kappa shape index (κ1) is 15.3. The Bertz CT molecular complexity index is 511. The van der Waals surface area contributed by atoms with Gasteiger partial charge in [-0.1, -0.05) is 12.5 Å². The third kappa shape index (κ3) is 5.41. The number of nitrogens with one attached hydrogen (secondary N) is 2. The summed E-state index contributed by atoms with van der Waals surface area (Å²) in [6.07, 6.45) is 4.14. The van der Waals surface area contributed by atoms with Crippen molar-refractivity contribution in [3.8, 4) is 0 Å². The molecule has 0 aliphatic heterocycles. The van der Waals surface area contributed by atoms with Gasteiger partial charge in [0.1, 0.15) is 5.82 Å². The number of nitrogens with two attached hydrogens (primary N) is 1. The number of aliphatic imine (C=N–C) groups is 1. The summed E-state index contributed by atoms with van der Waals surface area (Å²) in [5.41, 5.74) is 6.63. The Morgan fingerprint density at radius 1 is 1.48 bits per heavy atom. The average molecular weight is 289 g/mol. The molecule has 0 unspecified atom stereocenters. The number of guanidine groups is 1. The fourth-order valence-electron chi connectivity index (χ4n) is 2.08. The van der Waals surface area contributed by atoms with Crippen LogP contribution in [0.4, 0.5) is 5.82 Å². The molecule has 0 atom stereocenters. The van der Waals surface area contributed by atoms with Crippen molar-refractivity contribution < 1.29 is 4.79 Å². The Hall–Kier alpha value is -2.11. The highest BCUT2D eigenvalue weighted by atomic mass is 16.1. The van der Waals surface area contributed by atoms with E-state index < -0.39 is 0 Å². The van der Waals surface area contributed by atoms with Crippen molar-refractivity contribution in [2.24, 2.45) is 16.6 Å². The van der Waals surface area contributed by atoms with Crippen LogP contribution in [0.25, 0.3) is 0 Å². The molecule has 1 amide bonds. The second-order valence-corrected chi connectivity index (χ2v) is 5.41. The second-order valence-electron chi connectivity index (χ2n) is 5.41. The molecule has 114 valence electrons. The number of pyridine rings is 1. The van der Waals surface area contributed by atoms with E-state index in [9.17, 15) is 4.79 Å². The zero-order valence-electron chi connectivity index (χ0n) is 12.4. The van der Waals surface area contributed by atoms with Crippen molar-refractivity contribution in [1.82, 2.24) is 10.3 Å². The summed E-state index contributed by atoms with van der Waals surface area (Å²) in [7, 11) is 0. The number of aryl methyl sites for hydroxylation is 1. The van der Waals surface area contributed by atoms with Crippen LogP contribution in [0.1, 0.15) is 31.4 Å². The van der Waals surface area contributed by atoms with Crippen LogP contribution in [0.3, 0.4) is 0 Å². The van der Waals surface area contributed by atoms with E-state index in [-0.39, 0.29) is 5.91 Å². The first-order valence-corrected chi connectivity index (χ1v) is 7.41. The van der Waals surface area contributed by atoms with Gasteiger partial charge in [-0.25, -0.2) is 4.98 Å². The highest BCUT2D eigenvalue weighted by Crippen LogP contribution is 2.26. The lowest BCUT2D eigenvalue weighted by molar-refractivity contribution is -0.116. The highest BCUT2D eigenvalue weighted by Gasteiger charge is 2.16. The van der Waals surface area contributed by atoms with Crippen LogP contribution < -0.4 is 16.4 Å². The van der Waals surface area contributed by atoms with Crippen molar-refractivity contribution in [2.75, 3.05) is 18.4 Å². The Labute approximate surface area is 125 Å². The van der Waals surface area contributed by atoms with Gasteiger partial charge in [0.05, 0.1) is 0 Å². The normalized spacial score (nSPS) is 15.4. The molecule has 1 saturated carbocycles. The molecule has 1 fully saturated rings. The summed E-state index contributed by atoms with van der Waals surface area (Å²) < 4.78 is 0. The second kappa shape index (κ2) is 7.61. The van der Waals surface area contributed by atoms with Crippen LogP contribution in [0, 0.1) is 12.8 Å². The number of hydrogen-bond donors (Lipinski definition) is 3. The number of carbonyl (C=O) groups excluding carboxylic acids is 1. The van der Waals surface area contributed by atoms with E-state index in [0.717, 1.165) is 12.2 Å². The van der Waals surface area contributed by atoms with E-state index >= 15 is 0 Å².